The van der Waals surface area contributed by atoms with E-state index in [0.29, 0.717) is 24.7 Å². The second-order valence-electron chi connectivity index (χ2n) is 4.81. The Morgan fingerprint density at radius 3 is 2.60 bits per heavy atom. The third kappa shape index (κ3) is 3.44. The van der Waals surface area contributed by atoms with Crippen molar-refractivity contribution in [3.8, 4) is 0 Å². The Morgan fingerprint density at radius 1 is 1.35 bits per heavy atom. The van der Waals surface area contributed by atoms with E-state index < -0.39 is 0 Å². The van der Waals surface area contributed by atoms with Crippen molar-refractivity contribution in [2.24, 2.45) is 0 Å². The van der Waals surface area contributed by atoms with Crippen LogP contribution in [-0.2, 0) is 4.74 Å². The molecule has 1 aromatic rings. The zero-order valence-corrected chi connectivity index (χ0v) is 12.8. The van der Waals surface area contributed by atoms with E-state index in [1.165, 1.54) is 0 Å². The summed E-state index contributed by atoms with van der Waals surface area (Å²) in [7, 11) is 0. The van der Waals surface area contributed by atoms with Gasteiger partial charge in [-0.05, 0) is 31.5 Å². The van der Waals surface area contributed by atoms with E-state index in [1.54, 1.807) is 0 Å². The van der Waals surface area contributed by atoms with E-state index in [9.17, 15) is 4.79 Å². The maximum absolute atomic E-state index is 12.4. The van der Waals surface area contributed by atoms with Crippen molar-refractivity contribution in [3.63, 3.8) is 0 Å². The molecule has 1 fully saturated rings. The molecule has 110 valence electrons. The van der Waals surface area contributed by atoms with E-state index in [-0.39, 0.29) is 12.1 Å². The van der Waals surface area contributed by atoms with Gasteiger partial charge in [0.15, 0.2) is 0 Å². The van der Waals surface area contributed by atoms with Gasteiger partial charge in [-0.3, -0.25) is 0 Å². The number of urea groups is 1. The zero-order chi connectivity index (χ0) is 14.5. The van der Waals surface area contributed by atoms with E-state index in [4.69, 9.17) is 16.3 Å². The molecule has 1 heterocycles. The summed E-state index contributed by atoms with van der Waals surface area (Å²) in [5.74, 6) is 0. The lowest BCUT2D eigenvalue weighted by Gasteiger charge is -2.36. The first kappa shape index (κ1) is 15.1. The number of rotatable bonds is 3. The van der Waals surface area contributed by atoms with Gasteiger partial charge in [-0.25, -0.2) is 4.79 Å². The second-order valence-corrected chi connectivity index (χ2v) is 5.25. The topological polar surface area (TPSA) is 32.8 Å². The smallest absolute Gasteiger partial charge is 0.320 e. The Hall–Kier alpha value is -1.26. The first-order valence-corrected chi connectivity index (χ1v) is 7.44. The average molecular weight is 297 g/mol. The predicted molar refractivity (Wildman–Crippen MR) is 80.0 cm³/mol. The maximum atomic E-state index is 12.4. The van der Waals surface area contributed by atoms with Gasteiger partial charge >= 0.3 is 6.03 Å². The van der Waals surface area contributed by atoms with Crippen LogP contribution >= 0.6 is 11.6 Å². The quantitative estimate of drug-likeness (QED) is 0.858. The summed E-state index contributed by atoms with van der Waals surface area (Å²) in [5, 5.41) is 0.709. The van der Waals surface area contributed by atoms with Crippen molar-refractivity contribution in [1.29, 1.82) is 0 Å². The second kappa shape index (κ2) is 6.95. The summed E-state index contributed by atoms with van der Waals surface area (Å²) >= 11 is 5.90. The summed E-state index contributed by atoms with van der Waals surface area (Å²) < 4.78 is 5.78. The Bertz CT molecular complexity index is 446. The van der Waals surface area contributed by atoms with Crippen LogP contribution in [0.2, 0.25) is 5.02 Å². The van der Waals surface area contributed by atoms with Crippen LogP contribution in [0.3, 0.4) is 0 Å². The summed E-state index contributed by atoms with van der Waals surface area (Å²) in [6, 6.07) is 7.71. The molecule has 0 spiro atoms. The molecule has 20 heavy (non-hydrogen) atoms. The summed E-state index contributed by atoms with van der Waals surface area (Å²) in [4.78, 5) is 16.1. The predicted octanol–water partition coefficient (Wildman–Crippen LogP) is 3.18. The number of hydrogen-bond acceptors (Lipinski definition) is 2. The van der Waals surface area contributed by atoms with Gasteiger partial charge in [-0.1, -0.05) is 23.7 Å². The molecule has 0 aromatic heterocycles. The standard InChI is InChI=1S/C15H21ClN2O2/c1-3-17(4-2)15(19)18-9-10-20-14(11-18)12-5-7-13(16)8-6-12/h5-8,14H,3-4,9-11H2,1-2H3. The number of nitrogens with zero attached hydrogens (tertiary/aromatic N) is 2. The molecule has 0 bridgehead atoms. The van der Waals surface area contributed by atoms with E-state index in [2.05, 4.69) is 0 Å². The number of hydrogen-bond donors (Lipinski definition) is 0. The summed E-state index contributed by atoms with van der Waals surface area (Å²) in [6.45, 7) is 7.28. The highest BCUT2D eigenvalue weighted by molar-refractivity contribution is 6.30. The highest BCUT2D eigenvalue weighted by Gasteiger charge is 2.27. The number of carbonyl (C=O) groups excluding carboxylic acids is 1. The third-order valence-electron chi connectivity index (χ3n) is 3.61. The minimum atomic E-state index is -0.0690. The van der Waals surface area contributed by atoms with Crippen molar-refractivity contribution in [3.05, 3.63) is 34.9 Å². The molecule has 5 heteroatoms. The number of amides is 2. The molecule has 0 N–H and O–H groups in total. The average Bonchev–Trinajstić information content (AvgIpc) is 2.49. The van der Waals surface area contributed by atoms with Crippen molar-refractivity contribution < 1.29 is 9.53 Å². The van der Waals surface area contributed by atoms with Gasteiger partial charge in [0, 0.05) is 24.7 Å². The fourth-order valence-electron chi connectivity index (χ4n) is 2.40. The van der Waals surface area contributed by atoms with Crippen LogP contribution in [0.1, 0.15) is 25.5 Å². The van der Waals surface area contributed by atoms with E-state index in [0.717, 1.165) is 18.7 Å². The minimum absolute atomic E-state index is 0.0690. The fourth-order valence-corrected chi connectivity index (χ4v) is 2.52. The molecular weight excluding hydrogens is 276 g/mol. The highest BCUT2D eigenvalue weighted by Crippen LogP contribution is 2.24. The van der Waals surface area contributed by atoms with Crippen LogP contribution < -0.4 is 0 Å². The van der Waals surface area contributed by atoms with Gasteiger partial charge in [0.25, 0.3) is 0 Å². The van der Waals surface area contributed by atoms with E-state index >= 15 is 0 Å². The lowest BCUT2D eigenvalue weighted by atomic mass is 10.1. The number of ether oxygens (including phenoxy) is 1. The van der Waals surface area contributed by atoms with Crippen LogP contribution in [-0.4, -0.2) is 48.6 Å². The highest BCUT2D eigenvalue weighted by atomic mass is 35.5. The van der Waals surface area contributed by atoms with Crippen molar-refractivity contribution >= 4 is 17.6 Å². The van der Waals surface area contributed by atoms with Gasteiger partial charge in [0.2, 0.25) is 0 Å². The van der Waals surface area contributed by atoms with Crippen molar-refractivity contribution in [2.45, 2.75) is 20.0 Å². The zero-order valence-electron chi connectivity index (χ0n) is 12.0. The molecule has 1 aliphatic heterocycles. The molecule has 0 saturated carbocycles. The number of halogens is 1. The summed E-state index contributed by atoms with van der Waals surface area (Å²) in [6.07, 6.45) is -0.0690. The molecule has 1 atom stereocenters. The molecule has 1 unspecified atom stereocenters. The van der Waals surface area contributed by atoms with Gasteiger partial charge < -0.3 is 14.5 Å². The Labute approximate surface area is 125 Å². The molecule has 4 nitrogen and oxygen atoms in total. The van der Waals surface area contributed by atoms with Crippen molar-refractivity contribution in [1.82, 2.24) is 9.80 Å². The van der Waals surface area contributed by atoms with Gasteiger partial charge in [-0.2, -0.15) is 0 Å². The number of morpholine rings is 1. The van der Waals surface area contributed by atoms with E-state index in [1.807, 2.05) is 47.9 Å². The molecule has 2 amide bonds. The van der Waals surface area contributed by atoms with Gasteiger partial charge in [-0.15, -0.1) is 0 Å². The van der Waals surface area contributed by atoms with Crippen LogP contribution in [0.25, 0.3) is 0 Å². The molecule has 0 aliphatic carbocycles. The SMILES string of the molecule is CCN(CC)C(=O)N1CCOC(c2ccc(Cl)cc2)C1. The monoisotopic (exact) mass is 296 g/mol. The molecular formula is C15H21ClN2O2. The van der Waals surface area contributed by atoms with Crippen LogP contribution in [0.5, 0.6) is 0 Å². The molecule has 0 radical (unpaired) electrons. The summed E-state index contributed by atoms with van der Waals surface area (Å²) in [5.41, 5.74) is 1.06. The maximum Gasteiger partial charge on any atom is 0.320 e. The Morgan fingerprint density at radius 2 is 2.00 bits per heavy atom. The minimum Gasteiger partial charge on any atom is -0.370 e. The van der Waals surface area contributed by atoms with Gasteiger partial charge in [0.1, 0.15) is 6.10 Å². The normalized spacial score (nSPS) is 18.9. The lowest BCUT2D eigenvalue weighted by molar-refractivity contribution is -0.0202. The first-order valence-electron chi connectivity index (χ1n) is 7.06. The van der Waals surface area contributed by atoms with Crippen molar-refractivity contribution in [2.75, 3.05) is 32.8 Å². The van der Waals surface area contributed by atoms with Crippen LogP contribution in [0.4, 0.5) is 4.79 Å². The number of benzene rings is 1. The molecule has 1 aliphatic rings. The Kier molecular flexibility index (Phi) is 5.26. The first-order chi connectivity index (χ1) is 9.65. The molecule has 2 rings (SSSR count). The third-order valence-corrected chi connectivity index (χ3v) is 3.86. The molecule has 1 saturated heterocycles. The largest absolute Gasteiger partial charge is 0.370 e. The number of carbonyl (C=O) groups is 1. The fraction of sp³-hybridized carbons (Fsp3) is 0.533. The lowest BCUT2D eigenvalue weighted by Crippen LogP contribution is -2.48. The van der Waals surface area contributed by atoms with Crippen LogP contribution in [0.15, 0.2) is 24.3 Å². The molecule has 1 aromatic carbocycles. The van der Waals surface area contributed by atoms with Crippen LogP contribution in [0, 0.1) is 0 Å². The Balaban J connectivity index is 2.04. The van der Waals surface area contributed by atoms with Gasteiger partial charge in [0.05, 0.1) is 13.2 Å².